The second kappa shape index (κ2) is 5.76. The molecule has 0 spiro atoms. The third-order valence-corrected chi connectivity index (χ3v) is 3.28. The summed E-state index contributed by atoms with van der Waals surface area (Å²) in [4.78, 5) is 39.2. The molecule has 102 valence electrons. The quantitative estimate of drug-likeness (QED) is 0.651. The van der Waals surface area contributed by atoms with Crippen LogP contribution in [-0.2, 0) is 14.4 Å². The molecule has 0 bridgehead atoms. The van der Waals surface area contributed by atoms with Crippen molar-refractivity contribution in [3.63, 3.8) is 0 Å². The smallest absolute Gasteiger partial charge is 0.322 e. The number of nitrogens with one attached hydrogen (secondary N) is 2. The Bertz CT molecular complexity index is 490. The number of carboxylic acid groups (broad SMARTS) is 1. The Labute approximate surface area is 112 Å². The number of amides is 2. The van der Waals surface area contributed by atoms with Crippen LogP contribution in [0.4, 0.5) is 5.13 Å². The van der Waals surface area contributed by atoms with Crippen LogP contribution in [0.5, 0.6) is 0 Å². The Morgan fingerprint density at radius 1 is 1.63 bits per heavy atom. The van der Waals surface area contributed by atoms with E-state index in [-0.39, 0.29) is 25.5 Å². The molecule has 2 amide bonds. The van der Waals surface area contributed by atoms with E-state index in [9.17, 15) is 14.4 Å². The lowest BCUT2D eigenvalue weighted by Gasteiger charge is -2.31. The summed E-state index contributed by atoms with van der Waals surface area (Å²) in [6.45, 7) is -0.273. The van der Waals surface area contributed by atoms with Gasteiger partial charge in [0.2, 0.25) is 11.8 Å². The fourth-order valence-electron chi connectivity index (χ4n) is 1.73. The third-order valence-electron chi connectivity index (χ3n) is 2.59. The van der Waals surface area contributed by atoms with Crippen LogP contribution in [0.25, 0.3) is 0 Å². The summed E-state index contributed by atoms with van der Waals surface area (Å²) in [6, 6.07) is -0.889. The average molecular weight is 284 g/mol. The molecule has 1 aliphatic heterocycles. The van der Waals surface area contributed by atoms with E-state index in [2.05, 4.69) is 15.6 Å². The molecule has 0 aliphatic carbocycles. The summed E-state index contributed by atoms with van der Waals surface area (Å²) < 4.78 is 0. The molecular weight excluding hydrogens is 272 g/mol. The van der Waals surface area contributed by atoms with Crippen molar-refractivity contribution in [2.45, 2.75) is 6.04 Å². The number of nitrogens with zero attached hydrogens (tertiary/aromatic N) is 2. The first-order valence-electron chi connectivity index (χ1n) is 5.49. The molecule has 1 aromatic rings. The van der Waals surface area contributed by atoms with Gasteiger partial charge in [-0.05, 0) is 0 Å². The third kappa shape index (κ3) is 3.48. The maximum absolute atomic E-state index is 11.7. The van der Waals surface area contributed by atoms with Crippen molar-refractivity contribution in [3.8, 4) is 0 Å². The van der Waals surface area contributed by atoms with Crippen LogP contribution >= 0.6 is 11.3 Å². The van der Waals surface area contributed by atoms with Crippen LogP contribution in [0, 0.1) is 0 Å². The minimum Gasteiger partial charge on any atom is -0.480 e. The summed E-state index contributed by atoms with van der Waals surface area (Å²) in [5.74, 6) is -1.75. The highest BCUT2D eigenvalue weighted by molar-refractivity contribution is 7.13. The van der Waals surface area contributed by atoms with Crippen LogP contribution < -0.4 is 10.6 Å². The van der Waals surface area contributed by atoms with Gasteiger partial charge < -0.3 is 15.7 Å². The molecule has 0 aromatic carbocycles. The van der Waals surface area contributed by atoms with Gasteiger partial charge in [-0.15, -0.1) is 11.3 Å². The first-order chi connectivity index (χ1) is 9.06. The largest absolute Gasteiger partial charge is 0.480 e. The molecule has 8 nitrogen and oxygen atoms in total. The van der Waals surface area contributed by atoms with Gasteiger partial charge in [0.25, 0.3) is 0 Å². The molecule has 1 saturated heterocycles. The first kappa shape index (κ1) is 13.4. The molecule has 0 radical (unpaired) electrons. The van der Waals surface area contributed by atoms with Crippen LogP contribution in [0.3, 0.4) is 0 Å². The number of carbonyl (C=O) groups is 3. The van der Waals surface area contributed by atoms with Crippen molar-refractivity contribution in [1.29, 1.82) is 0 Å². The van der Waals surface area contributed by atoms with Gasteiger partial charge in [0.1, 0.15) is 6.04 Å². The Balaban J connectivity index is 1.96. The predicted molar refractivity (Wildman–Crippen MR) is 66.8 cm³/mol. The van der Waals surface area contributed by atoms with Crippen molar-refractivity contribution in [1.82, 2.24) is 15.2 Å². The lowest BCUT2D eigenvalue weighted by Crippen LogP contribution is -2.58. The highest BCUT2D eigenvalue weighted by Crippen LogP contribution is 2.11. The highest BCUT2D eigenvalue weighted by atomic mass is 32.1. The second-order valence-electron chi connectivity index (χ2n) is 3.95. The predicted octanol–water partition coefficient (Wildman–Crippen LogP) is -1.03. The van der Waals surface area contributed by atoms with E-state index in [0.717, 1.165) is 0 Å². The monoisotopic (exact) mass is 284 g/mol. The topological polar surface area (TPSA) is 112 Å². The van der Waals surface area contributed by atoms with Gasteiger partial charge in [-0.3, -0.25) is 19.3 Å². The number of piperazine rings is 1. The van der Waals surface area contributed by atoms with E-state index in [0.29, 0.717) is 5.13 Å². The lowest BCUT2D eigenvalue weighted by atomic mass is 10.2. The van der Waals surface area contributed by atoms with Gasteiger partial charge in [0.05, 0.1) is 13.1 Å². The number of aromatic nitrogens is 1. The zero-order valence-corrected chi connectivity index (χ0v) is 10.6. The minimum atomic E-state index is -1.07. The van der Waals surface area contributed by atoms with Crippen molar-refractivity contribution in [3.05, 3.63) is 11.6 Å². The van der Waals surface area contributed by atoms with Gasteiger partial charge in [-0.2, -0.15) is 0 Å². The number of anilines is 1. The number of aliphatic carboxylic acids is 1. The van der Waals surface area contributed by atoms with Gasteiger partial charge in [-0.1, -0.05) is 0 Å². The fourth-order valence-corrected chi connectivity index (χ4v) is 2.27. The highest BCUT2D eigenvalue weighted by Gasteiger charge is 2.32. The van der Waals surface area contributed by atoms with E-state index in [1.54, 1.807) is 11.6 Å². The van der Waals surface area contributed by atoms with Gasteiger partial charge in [-0.25, -0.2) is 4.98 Å². The van der Waals surface area contributed by atoms with E-state index < -0.39 is 17.9 Å². The maximum atomic E-state index is 11.7. The Kier molecular flexibility index (Phi) is 4.07. The molecule has 2 rings (SSSR count). The zero-order valence-electron chi connectivity index (χ0n) is 9.83. The Hall–Kier alpha value is -2.00. The molecule has 0 saturated carbocycles. The molecule has 19 heavy (non-hydrogen) atoms. The van der Waals surface area contributed by atoms with Gasteiger partial charge in [0, 0.05) is 18.1 Å². The van der Waals surface area contributed by atoms with E-state index in [1.807, 2.05) is 0 Å². The Morgan fingerprint density at radius 3 is 3.05 bits per heavy atom. The van der Waals surface area contributed by atoms with Gasteiger partial charge >= 0.3 is 5.97 Å². The standard InChI is InChI=1S/C10H12N4O4S/c15-7-4-14(6(3-12-7)9(17)18)5-8(16)13-10-11-1-2-19-10/h1-2,6H,3-5H2,(H,12,15)(H,17,18)(H,11,13,16). The molecular formula is C10H12N4O4S. The van der Waals surface area contributed by atoms with Crippen LogP contribution in [0.2, 0.25) is 0 Å². The summed E-state index contributed by atoms with van der Waals surface area (Å²) in [5, 5.41) is 16.2. The first-order valence-corrected chi connectivity index (χ1v) is 6.37. The van der Waals surface area contributed by atoms with Crippen LogP contribution in [0.15, 0.2) is 11.6 Å². The molecule has 2 heterocycles. The van der Waals surface area contributed by atoms with Crippen molar-refractivity contribution >= 4 is 34.3 Å². The number of thiazole rings is 1. The summed E-state index contributed by atoms with van der Waals surface area (Å²) >= 11 is 1.26. The van der Waals surface area contributed by atoms with Crippen LogP contribution in [0.1, 0.15) is 0 Å². The van der Waals surface area contributed by atoms with Gasteiger partial charge in [0.15, 0.2) is 5.13 Å². The minimum absolute atomic E-state index is 0.00129. The summed E-state index contributed by atoms with van der Waals surface area (Å²) in [6.07, 6.45) is 1.55. The molecule has 1 aliphatic rings. The Morgan fingerprint density at radius 2 is 2.42 bits per heavy atom. The SMILES string of the molecule is O=C1CN(CC(=O)Nc2nccs2)C(C(=O)O)CN1. The fraction of sp³-hybridized carbons (Fsp3) is 0.400. The number of carboxylic acids is 1. The van der Waals surface area contributed by atoms with E-state index in [4.69, 9.17) is 5.11 Å². The number of carbonyl (C=O) groups excluding carboxylic acids is 2. The van der Waals surface area contributed by atoms with Crippen molar-refractivity contribution in [2.75, 3.05) is 25.0 Å². The number of hydrogen-bond donors (Lipinski definition) is 3. The molecule has 3 N–H and O–H groups in total. The molecule has 1 atom stereocenters. The maximum Gasteiger partial charge on any atom is 0.322 e. The summed E-state index contributed by atoms with van der Waals surface area (Å²) in [5.41, 5.74) is 0. The molecule has 1 fully saturated rings. The van der Waals surface area contributed by atoms with E-state index >= 15 is 0 Å². The van der Waals surface area contributed by atoms with E-state index in [1.165, 1.54) is 16.2 Å². The number of rotatable bonds is 4. The molecule has 1 unspecified atom stereocenters. The lowest BCUT2D eigenvalue weighted by molar-refractivity contribution is -0.146. The average Bonchev–Trinajstić information content (AvgIpc) is 2.81. The second-order valence-corrected chi connectivity index (χ2v) is 4.84. The zero-order chi connectivity index (χ0) is 13.8. The normalized spacial score (nSPS) is 19.8. The number of hydrogen-bond acceptors (Lipinski definition) is 6. The summed E-state index contributed by atoms with van der Waals surface area (Å²) in [7, 11) is 0. The van der Waals surface area contributed by atoms with Crippen molar-refractivity contribution in [2.24, 2.45) is 0 Å². The van der Waals surface area contributed by atoms with Crippen LogP contribution in [-0.4, -0.2) is 58.5 Å². The van der Waals surface area contributed by atoms with Crippen molar-refractivity contribution < 1.29 is 19.5 Å². The molecule has 1 aromatic heterocycles. The molecule has 9 heteroatoms.